The summed E-state index contributed by atoms with van der Waals surface area (Å²) in [6.07, 6.45) is 7.33. The highest BCUT2D eigenvalue weighted by molar-refractivity contribution is 5.98. The number of aryl methyl sites for hydroxylation is 1. The van der Waals surface area contributed by atoms with Gasteiger partial charge >= 0.3 is 0 Å². The van der Waals surface area contributed by atoms with Crippen LogP contribution in [0.3, 0.4) is 0 Å². The standard InChI is InChI=1S/C33H33FN6O/c1-33(2,3)27-14-13-24(27)20-5-7-22(8-6-20)30-25(21-9-11-23(34)12-10-21)17-26-28(37-30)15-16-35-31(26)38-39-32(41)29-18-40(4)19-36-29/h5-12,15-19,24,27H,13-14H2,1-4H3,(H,35,38)(H,39,41). The van der Waals surface area contributed by atoms with Crippen molar-refractivity contribution >= 4 is 22.6 Å². The number of nitrogens with one attached hydrogen (secondary N) is 2. The molecule has 0 saturated heterocycles. The second-order valence-electron chi connectivity index (χ2n) is 11.9. The van der Waals surface area contributed by atoms with Crippen LogP contribution < -0.4 is 10.9 Å². The fraction of sp³-hybridized carbons (Fsp3) is 0.273. The minimum atomic E-state index is -0.381. The van der Waals surface area contributed by atoms with Gasteiger partial charge in [-0.05, 0) is 65.5 Å². The summed E-state index contributed by atoms with van der Waals surface area (Å²) in [7, 11) is 1.80. The average Bonchev–Trinajstić information content (AvgIpc) is 3.36. The van der Waals surface area contributed by atoms with Crippen LogP contribution in [-0.4, -0.2) is 25.4 Å². The van der Waals surface area contributed by atoms with Gasteiger partial charge in [-0.25, -0.2) is 19.3 Å². The monoisotopic (exact) mass is 548 g/mol. The Labute approximate surface area is 238 Å². The van der Waals surface area contributed by atoms with E-state index >= 15 is 0 Å². The third-order valence-corrected chi connectivity index (χ3v) is 8.13. The Morgan fingerprint density at radius 2 is 1.71 bits per heavy atom. The summed E-state index contributed by atoms with van der Waals surface area (Å²) in [6.45, 7) is 6.98. The van der Waals surface area contributed by atoms with Gasteiger partial charge in [0.15, 0.2) is 5.82 Å². The van der Waals surface area contributed by atoms with Crippen molar-refractivity contribution in [1.82, 2.24) is 24.9 Å². The highest BCUT2D eigenvalue weighted by Crippen LogP contribution is 2.51. The lowest BCUT2D eigenvalue weighted by atomic mass is 9.59. The number of imidazole rings is 1. The summed E-state index contributed by atoms with van der Waals surface area (Å²) < 4.78 is 15.6. The van der Waals surface area contributed by atoms with Gasteiger partial charge in [0.05, 0.1) is 17.5 Å². The van der Waals surface area contributed by atoms with Crippen LogP contribution in [0.4, 0.5) is 10.2 Å². The number of aromatic nitrogens is 4. The Hall–Kier alpha value is -4.59. The summed E-state index contributed by atoms with van der Waals surface area (Å²) in [5.74, 6) is 1.02. The third-order valence-electron chi connectivity index (χ3n) is 8.13. The molecule has 8 heteroatoms. The van der Waals surface area contributed by atoms with Crippen LogP contribution in [0.2, 0.25) is 0 Å². The largest absolute Gasteiger partial charge is 0.340 e. The molecule has 5 aromatic rings. The zero-order valence-electron chi connectivity index (χ0n) is 23.6. The first-order valence-corrected chi connectivity index (χ1v) is 13.9. The Morgan fingerprint density at radius 1 is 0.976 bits per heavy atom. The first kappa shape index (κ1) is 26.6. The molecule has 2 atom stereocenters. The highest BCUT2D eigenvalue weighted by atomic mass is 19.1. The maximum absolute atomic E-state index is 13.9. The van der Waals surface area contributed by atoms with Gasteiger partial charge < -0.3 is 4.57 Å². The number of pyridine rings is 2. The molecule has 1 aliphatic carbocycles. The molecule has 208 valence electrons. The van der Waals surface area contributed by atoms with Crippen molar-refractivity contribution in [1.29, 1.82) is 0 Å². The van der Waals surface area contributed by atoms with Gasteiger partial charge in [0, 0.05) is 36.0 Å². The molecular weight excluding hydrogens is 515 g/mol. The third kappa shape index (κ3) is 5.29. The molecule has 2 unspecified atom stereocenters. The Bertz CT molecular complexity index is 1720. The number of amides is 1. The number of nitrogens with zero attached hydrogens (tertiary/aromatic N) is 4. The second-order valence-corrected chi connectivity index (χ2v) is 11.9. The zero-order valence-corrected chi connectivity index (χ0v) is 23.6. The summed E-state index contributed by atoms with van der Waals surface area (Å²) in [6, 6.07) is 19.0. The molecular formula is C33H33FN6O. The summed E-state index contributed by atoms with van der Waals surface area (Å²) in [4.78, 5) is 26.2. The number of carbonyl (C=O) groups excluding carboxylic acids is 1. The number of rotatable bonds is 6. The lowest BCUT2D eigenvalue weighted by Gasteiger charge is -2.45. The minimum Gasteiger partial charge on any atom is -0.340 e. The summed E-state index contributed by atoms with van der Waals surface area (Å²) in [5.41, 5.74) is 11.7. The van der Waals surface area contributed by atoms with Crippen molar-refractivity contribution in [3.8, 4) is 22.4 Å². The molecule has 1 saturated carbocycles. The topological polar surface area (TPSA) is 84.7 Å². The quantitative estimate of drug-likeness (QED) is 0.221. The fourth-order valence-electron chi connectivity index (χ4n) is 5.80. The number of halogens is 1. The molecule has 3 heterocycles. The predicted octanol–water partition coefficient (Wildman–Crippen LogP) is 7.13. The van der Waals surface area contributed by atoms with Crippen LogP contribution in [0.5, 0.6) is 0 Å². The fourth-order valence-corrected chi connectivity index (χ4v) is 5.80. The molecule has 0 spiro atoms. The van der Waals surface area contributed by atoms with Gasteiger partial charge in [-0.1, -0.05) is 57.2 Å². The maximum Gasteiger partial charge on any atom is 0.289 e. The molecule has 2 aromatic carbocycles. The SMILES string of the molecule is Cn1cnc(C(=O)NNc2nccc3nc(-c4ccc(C5CCC5C(C)(C)C)cc4)c(-c4ccc(F)cc4)cc23)c1. The molecule has 1 aliphatic rings. The van der Waals surface area contributed by atoms with Crippen LogP contribution in [0.1, 0.15) is 55.6 Å². The Morgan fingerprint density at radius 3 is 2.34 bits per heavy atom. The van der Waals surface area contributed by atoms with E-state index in [9.17, 15) is 9.18 Å². The van der Waals surface area contributed by atoms with Gasteiger partial charge in [-0.3, -0.25) is 15.6 Å². The number of benzene rings is 2. The van der Waals surface area contributed by atoms with E-state index in [1.54, 1.807) is 42.5 Å². The van der Waals surface area contributed by atoms with Gasteiger partial charge in [-0.2, -0.15) is 0 Å². The normalized spacial score (nSPS) is 16.8. The molecule has 1 amide bonds. The van der Waals surface area contributed by atoms with Crippen molar-refractivity contribution in [3.05, 3.63) is 96.5 Å². The maximum atomic E-state index is 13.9. The van der Waals surface area contributed by atoms with E-state index < -0.39 is 0 Å². The number of hydrogen-bond donors (Lipinski definition) is 2. The Balaban J connectivity index is 1.38. The van der Waals surface area contributed by atoms with Crippen LogP contribution in [0.25, 0.3) is 33.3 Å². The predicted molar refractivity (Wildman–Crippen MR) is 160 cm³/mol. The van der Waals surface area contributed by atoms with Crippen molar-refractivity contribution in [2.24, 2.45) is 18.4 Å². The molecule has 6 rings (SSSR count). The smallest absolute Gasteiger partial charge is 0.289 e. The number of hydrazine groups is 1. The lowest BCUT2D eigenvalue weighted by molar-refractivity contribution is 0.0958. The van der Waals surface area contributed by atoms with Gasteiger partial charge in [-0.15, -0.1) is 0 Å². The van der Waals surface area contributed by atoms with E-state index in [1.807, 2.05) is 12.1 Å². The van der Waals surface area contributed by atoms with Crippen molar-refractivity contribution in [3.63, 3.8) is 0 Å². The van der Waals surface area contributed by atoms with Crippen LogP contribution in [-0.2, 0) is 7.05 Å². The molecule has 7 nitrogen and oxygen atoms in total. The summed E-state index contributed by atoms with van der Waals surface area (Å²) in [5, 5.41) is 0.719. The van der Waals surface area contributed by atoms with Gasteiger partial charge in [0.2, 0.25) is 0 Å². The van der Waals surface area contributed by atoms with E-state index in [0.29, 0.717) is 23.2 Å². The molecule has 1 fully saturated rings. The molecule has 41 heavy (non-hydrogen) atoms. The molecule has 0 aliphatic heterocycles. The van der Waals surface area contributed by atoms with Crippen molar-refractivity contribution in [2.75, 3.05) is 5.43 Å². The number of anilines is 1. The van der Waals surface area contributed by atoms with E-state index in [4.69, 9.17) is 4.98 Å². The summed E-state index contributed by atoms with van der Waals surface area (Å²) >= 11 is 0. The molecule has 0 radical (unpaired) electrons. The van der Waals surface area contributed by atoms with Crippen LogP contribution >= 0.6 is 0 Å². The highest BCUT2D eigenvalue weighted by Gasteiger charge is 2.39. The number of hydrogen-bond acceptors (Lipinski definition) is 5. The van der Waals surface area contributed by atoms with E-state index in [2.05, 4.69) is 65.9 Å². The first-order chi connectivity index (χ1) is 19.7. The van der Waals surface area contributed by atoms with E-state index in [-0.39, 0.29) is 22.8 Å². The van der Waals surface area contributed by atoms with Gasteiger partial charge in [0.1, 0.15) is 11.5 Å². The Kier molecular flexibility index (Phi) is 6.77. The molecule has 2 N–H and O–H groups in total. The number of fused-ring (bicyclic) bond motifs is 1. The van der Waals surface area contributed by atoms with Crippen molar-refractivity contribution in [2.45, 2.75) is 39.5 Å². The van der Waals surface area contributed by atoms with E-state index in [0.717, 1.165) is 27.8 Å². The molecule has 3 aromatic heterocycles. The van der Waals surface area contributed by atoms with Gasteiger partial charge in [0.25, 0.3) is 5.91 Å². The minimum absolute atomic E-state index is 0.284. The van der Waals surface area contributed by atoms with Crippen LogP contribution in [0, 0.1) is 17.2 Å². The average molecular weight is 549 g/mol. The zero-order chi connectivity index (χ0) is 28.7. The van der Waals surface area contributed by atoms with Crippen molar-refractivity contribution < 1.29 is 9.18 Å². The first-order valence-electron chi connectivity index (χ1n) is 13.9. The second kappa shape index (κ2) is 10.4. The number of carbonyl (C=O) groups is 1. The lowest BCUT2D eigenvalue weighted by Crippen LogP contribution is -2.34. The van der Waals surface area contributed by atoms with E-state index in [1.165, 1.54) is 30.5 Å². The molecule has 0 bridgehead atoms. The van der Waals surface area contributed by atoms with Crippen LogP contribution in [0.15, 0.2) is 79.4 Å².